The van der Waals surface area contributed by atoms with E-state index in [4.69, 9.17) is 0 Å². The molecule has 0 fully saturated rings. The van der Waals surface area contributed by atoms with E-state index in [1.54, 1.807) is 23.5 Å². The fourth-order valence-corrected chi connectivity index (χ4v) is 4.77. The smallest absolute Gasteiger partial charge is 0.261 e. The van der Waals surface area contributed by atoms with Gasteiger partial charge < -0.3 is 0 Å². The molecule has 1 N–H and O–H groups in total. The Morgan fingerprint density at radius 3 is 2.33 bits per heavy atom. The zero-order valence-corrected chi connectivity index (χ0v) is 15.0. The van der Waals surface area contributed by atoms with Crippen LogP contribution in [0.3, 0.4) is 0 Å². The molecule has 0 unspecified atom stereocenters. The predicted octanol–water partition coefficient (Wildman–Crippen LogP) is 4.54. The first kappa shape index (κ1) is 16.9. The maximum absolute atomic E-state index is 12.9. The zero-order chi connectivity index (χ0) is 17.2. The average Bonchev–Trinajstić information content (AvgIpc) is 2.94. The highest BCUT2D eigenvalue weighted by Gasteiger charge is 2.14. The number of hydrogen-bond acceptors (Lipinski definition) is 5. The molecule has 0 saturated carbocycles. The van der Waals surface area contributed by atoms with Crippen molar-refractivity contribution < 1.29 is 12.8 Å². The van der Waals surface area contributed by atoms with Crippen LogP contribution in [-0.4, -0.2) is 13.4 Å². The van der Waals surface area contributed by atoms with Gasteiger partial charge in [0.25, 0.3) is 10.0 Å². The summed E-state index contributed by atoms with van der Waals surface area (Å²) < 4.78 is 40.8. The third-order valence-corrected chi connectivity index (χ3v) is 6.50. The summed E-state index contributed by atoms with van der Waals surface area (Å²) in [6.07, 6.45) is 0. The molecule has 0 aliphatic rings. The van der Waals surface area contributed by atoms with E-state index in [9.17, 15) is 12.8 Å². The van der Waals surface area contributed by atoms with Gasteiger partial charge in [0.05, 0.1) is 4.90 Å². The van der Waals surface area contributed by atoms with Gasteiger partial charge in [0, 0.05) is 21.7 Å². The van der Waals surface area contributed by atoms with Crippen molar-refractivity contribution in [2.45, 2.75) is 21.1 Å². The highest BCUT2D eigenvalue weighted by Crippen LogP contribution is 2.31. The van der Waals surface area contributed by atoms with E-state index in [2.05, 4.69) is 9.71 Å². The second kappa shape index (κ2) is 6.92. The molecule has 0 saturated heterocycles. The summed E-state index contributed by atoms with van der Waals surface area (Å²) >= 11 is 3.09. The lowest BCUT2D eigenvalue weighted by atomic mass is 10.3. The van der Waals surface area contributed by atoms with Gasteiger partial charge in [-0.3, -0.25) is 4.72 Å². The number of sulfonamides is 1. The van der Waals surface area contributed by atoms with Gasteiger partial charge in [-0.05, 0) is 55.5 Å². The van der Waals surface area contributed by atoms with Gasteiger partial charge in [0.2, 0.25) is 0 Å². The summed E-state index contributed by atoms with van der Waals surface area (Å²) in [6, 6.07) is 11.7. The molecule has 0 atom stereocenters. The SMILES string of the molecule is Cc1csc(Sc2ccc(NS(=O)(=O)c3ccc(F)cc3)cc2)n1. The van der Waals surface area contributed by atoms with E-state index >= 15 is 0 Å². The second-order valence-electron chi connectivity index (χ2n) is 4.94. The number of halogens is 1. The van der Waals surface area contributed by atoms with Crippen molar-refractivity contribution in [2.24, 2.45) is 0 Å². The largest absolute Gasteiger partial charge is 0.280 e. The van der Waals surface area contributed by atoms with E-state index in [0.717, 1.165) is 27.1 Å². The molecule has 4 nitrogen and oxygen atoms in total. The number of thiazole rings is 1. The molecule has 1 heterocycles. The minimum Gasteiger partial charge on any atom is -0.280 e. The van der Waals surface area contributed by atoms with Crippen LogP contribution in [0.4, 0.5) is 10.1 Å². The number of benzene rings is 2. The number of anilines is 1. The van der Waals surface area contributed by atoms with Crippen LogP contribution < -0.4 is 4.72 Å². The summed E-state index contributed by atoms with van der Waals surface area (Å²) in [6.45, 7) is 1.94. The predicted molar refractivity (Wildman–Crippen MR) is 94.6 cm³/mol. The number of nitrogens with one attached hydrogen (secondary N) is 1. The maximum atomic E-state index is 12.9. The Labute approximate surface area is 147 Å². The molecular formula is C16H13FN2O2S3. The van der Waals surface area contributed by atoms with Crippen LogP contribution in [0.15, 0.2) is 68.0 Å². The van der Waals surface area contributed by atoms with Crippen molar-refractivity contribution in [1.29, 1.82) is 0 Å². The Balaban J connectivity index is 1.72. The Bertz CT molecular complexity index is 936. The molecule has 124 valence electrons. The summed E-state index contributed by atoms with van der Waals surface area (Å²) in [4.78, 5) is 5.36. The molecular weight excluding hydrogens is 367 g/mol. The van der Waals surface area contributed by atoms with Crippen LogP contribution in [0.5, 0.6) is 0 Å². The van der Waals surface area contributed by atoms with Crippen molar-refractivity contribution in [3.8, 4) is 0 Å². The number of hydrogen-bond donors (Lipinski definition) is 1. The van der Waals surface area contributed by atoms with Gasteiger partial charge in [0.15, 0.2) is 4.34 Å². The molecule has 3 rings (SSSR count). The van der Waals surface area contributed by atoms with Crippen LogP contribution >= 0.6 is 23.1 Å². The van der Waals surface area contributed by atoms with Crippen molar-refractivity contribution in [2.75, 3.05) is 4.72 Å². The van der Waals surface area contributed by atoms with Crippen LogP contribution in [0.25, 0.3) is 0 Å². The second-order valence-corrected chi connectivity index (χ2v) is 8.80. The van der Waals surface area contributed by atoms with Crippen LogP contribution in [0, 0.1) is 12.7 Å². The van der Waals surface area contributed by atoms with Crippen molar-refractivity contribution >= 4 is 38.8 Å². The van der Waals surface area contributed by atoms with Gasteiger partial charge in [0.1, 0.15) is 5.82 Å². The third-order valence-electron chi connectivity index (χ3n) is 3.03. The topological polar surface area (TPSA) is 59.1 Å². The number of rotatable bonds is 5. The summed E-state index contributed by atoms with van der Waals surface area (Å²) in [7, 11) is -3.73. The first-order chi connectivity index (χ1) is 11.4. The fraction of sp³-hybridized carbons (Fsp3) is 0.0625. The van der Waals surface area contributed by atoms with Gasteiger partial charge >= 0.3 is 0 Å². The van der Waals surface area contributed by atoms with E-state index in [1.807, 2.05) is 24.4 Å². The van der Waals surface area contributed by atoms with E-state index in [0.29, 0.717) is 5.69 Å². The molecule has 24 heavy (non-hydrogen) atoms. The molecule has 8 heteroatoms. The zero-order valence-electron chi connectivity index (χ0n) is 12.6. The van der Waals surface area contributed by atoms with Gasteiger partial charge in [-0.1, -0.05) is 11.8 Å². The summed E-state index contributed by atoms with van der Waals surface area (Å²) in [5.41, 5.74) is 1.42. The lowest BCUT2D eigenvalue weighted by Crippen LogP contribution is -2.12. The maximum Gasteiger partial charge on any atom is 0.261 e. The normalized spacial score (nSPS) is 11.4. The number of aromatic nitrogens is 1. The van der Waals surface area contributed by atoms with Crippen molar-refractivity contribution in [3.05, 3.63) is 65.4 Å². The highest BCUT2D eigenvalue weighted by molar-refractivity contribution is 8.01. The van der Waals surface area contributed by atoms with E-state index in [1.165, 1.54) is 23.9 Å². The van der Waals surface area contributed by atoms with E-state index in [-0.39, 0.29) is 4.90 Å². The van der Waals surface area contributed by atoms with Crippen molar-refractivity contribution in [3.63, 3.8) is 0 Å². The van der Waals surface area contributed by atoms with E-state index < -0.39 is 15.8 Å². The number of nitrogens with zero attached hydrogens (tertiary/aromatic N) is 1. The Hall–Kier alpha value is -1.90. The average molecular weight is 380 g/mol. The third kappa shape index (κ3) is 4.14. The first-order valence-electron chi connectivity index (χ1n) is 6.91. The minimum absolute atomic E-state index is 0.0145. The van der Waals surface area contributed by atoms with Crippen LogP contribution in [0.2, 0.25) is 0 Å². The highest BCUT2D eigenvalue weighted by atomic mass is 32.2. The molecule has 0 amide bonds. The minimum atomic E-state index is -3.73. The molecule has 3 aromatic rings. The number of aryl methyl sites for hydroxylation is 1. The molecule has 0 aliphatic carbocycles. The van der Waals surface area contributed by atoms with Gasteiger partial charge in [-0.2, -0.15) is 0 Å². The molecule has 0 radical (unpaired) electrons. The Kier molecular flexibility index (Phi) is 4.88. The lowest BCUT2D eigenvalue weighted by molar-refractivity contribution is 0.599. The lowest BCUT2D eigenvalue weighted by Gasteiger charge is -2.08. The van der Waals surface area contributed by atoms with Crippen LogP contribution in [-0.2, 0) is 10.0 Å². The molecule has 1 aromatic heterocycles. The molecule has 0 spiro atoms. The standard InChI is InChI=1S/C16H13FN2O2S3/c1-11-10-22-16(18-11)23-14-6-4-13(5-7-14)19-24(20,21)15-8-2-12(17)3-9-15/h2-10,19H,1H3. The van der Waals surface area contributed by atoms with Gasteiger partial charge in [-0.15, -0.1) is 11.3 Å². The Morgan fingerprint density at radius 2 is 1.75 bits per heavy atom. The molecule has 0 aliphatic heterocycles. The van der Waals surface area contributed by atoms with Crippen molar-refractivity contribution in [1.82, 2.24) is 4.98 Å². The summed E-state index contributed by atoms with van der Waals surface area (Å²) in [5.74, 6) is -0.479. The fourth-order valence-electron chi connectivity index (χ4n) is 1.90. The monoisotopic (exact) mass is 380 g/mol. The molecule has 0 bridgehead atoms. The Morgan fingerprint density at radius 1 is 1.08 bits per heavy atom. The summed E-state index contributed by atoms with van der Waals surface area (Å²) in [5, 5.41) is 1.98. The van der Waals surface area contributed by atoms with Crippen LogP contribution in [0.1, 0.15) is 5.69 Å². The molecule has 2 aromatic carbocycles. The quantitative estimate of drug-likeness (QED) is 0.706. The first-order valence-corrected chi connectivity index (χ1v) is 10.1. The van der Waals surface area contributed by atoms with Gasteiger partial charge in [-0.25, -0.2) is 17.8 Å².